The second kappa shape index (κ2) is 7.12. The summed E-state index contributed by atoms with van der Waals surface area (Å²) in [6, 6.07) is 6.99. The average Bonchev–Trinajstić information content (AvgIpc) is 2.87. The summed E-state index contributed by atoms with van der Waals surface area (Å²) in [5.41, 5.74) is 3.86. The summed E-state index contributed by atoms with van der Waals surface area (Å²) in [6.07, 6.45) is 6.18. The van der Waals surface area contributed by atoms with E-state index in [1.54, 1.807) is 12.1 Å². The zero-order chi connectivity index (χ0) is 12.8. The van der Waals surface area contributed by atoms with Gasteiger partial charge in [0.2, 0.25) is 0 Å². The molecule has 0 bridgehead atoms. The SMILES string of the molecule is NNC(CSC1CCCC1)Cc1cccc(F)c1. The first-order valence-corrected chi connectivity index (χ1v) is 7.65. The van der Waals surface area contributed by atoms with Gasteiger partial charge >= 0.3 is 0 Å². The molecule has 2 rings (SSSR count). The number of hydrazine groups is 1. The maximum atomic E-state index is 13.1. The topological polar surface area (TPSA) is 38.0 Å². The van der Waals surface area contributed by atoms with Gasteiger partial charge in [-0.1, -0.05) is 25.0 Å². The molecule has 0 saturated heterocycles. The molecule has 0 aromatic heterocycles. The van der Waals surface area contributed by atoms with Crippen LogP contribution >= 0.6 is 11.8 Å². The first kappa shape index (κ1) is 13.8. The summed E-state index contributed by atoms with van der Waals surface area (Å²) in [6.45, 7) is 0. The molecule has 1 aromatic carbocycles. The van der Waals surface area contributed by atoms with Crippen LogP contribution in [0.1, 0.15) is 31.2 Å². The van der Waals surface area contributed by atoms with Crippen molar-refractivity contribution in [1.29, 1.82) is 0 Å². The van der Waals surface area contributed by atoms with Gasteiger partial charge < -0.3 is 0 Å². The molecule has 0 aliphatic heterocycles. The lowest BCUT2D eigenvalue weighted by Gasteiger charge is -2.18. The van der Waals surface area contributed by atoms with E-state index in [1.807, 2.05) is 17.8 Å². The van der Waals surface area contributed by atoms with Crippen molar-refractivity contribution in [3.8, 4) is 0 Å². The van der Waals surface area contributed by atoms with Crippen molar-refractivity contribution in [3.63, 3.8) is 0 Å². The van der Waals surface area contributed by atoms with Crippen LogP contribution in [-0.2, 0) is 6.42 Å². The molecule has 1 unspecified atom stereocenters. The summed E-state index contributed by atoms with van der Waals surface area (Å²) >= 11 is 2.00. The minimum Gasteiger partial charge on any atom is -0.271 e. The molecule has 0 amide bonds. The standard InChI is InChI=1S/C14H21FN2S/c15-12-5-3-4-11(8-12)9-13(17-16)10-18-14-6-1-2-7-14/h3-5,8,13-14,17H,1-2,6-7,9-10,16H2. The minimum atomic E-state index is -0.174. The zero-order valence-corrected chi connectivity index (χ0v) is 11.4. The van der Waals surface area contributed by atoms with Gasteiger partial charge in [-0.25, -0.2) is 4.39 Å². The molecule has 1 aliphatic carbocycles. The number of hydrogen-bond acceptors (Lipinski definition) is 3. The van der Waals surface area contributed by atoms with Gasteiger partial charge in [0.25, 0.3) is 0 Å². The van der Waals surface area contributed by atoms with Crippen molar-refractivity contribution >= 4 is 11.8 Å². The molecule has 0 heterocycles. The van der Waals surface area contributed by atoms with Gasteiger partial charge in [0.1, 0.15) is 5.82 Å². The second-order valence-electron chi connectivity index (χ2n) is 4.94. The lowest BCUT2D eigenvalue weighted by molar-refractivity contribution is 0.570. The van der Waals surface area contributed by atoms with Crippen molar-refractivity contribution < 1.29 is 4.39 Å². The quantitative estimate of drug-likeness (QED) is 0.615. The number of thioether (sulfide) groups is 1. The van der Waals surface area contributed by atoms with Crippen LogP contribution in [0.4, 0.5) is 4.39 Å². The van der Waals surface area contributed by atoms with Gasteiger partial charge in [0.05, 0.1) is 0 Å². The van der Waals surface area contributed by atoms with Crippen molar-refractivity contribution in [3.05, 3.63) is 35.6 Å². The number of halogens is 1. The van der Waals surface area contributed by atoms with Crippen molar-refractivity contribution in [2.24, 2.45) is 5.84 Å². The fourth-order valence-corrected chi connectivity index (χ4v) is 3.81. The summed E-state index contributed by atoms with van der Waals surface area (Å²) in [5, 5.41) is 0.799. The molecule has 18 heavy (non-hydrogen) atoms. The zero-order valence-electron chi connectivity index (χ0n) is 10.6. The number of rotatable bonds is 6. The molecule has 3 N–H and O–H groups in total. The molecule has 2 nitrogen and oxygen atoms in total. The first-order chi connectivity index (χ1) is 8.78. The monoisotopic (exact) mass is 268 g/mol. The Hall–Kier alpha value is -0.580. The molecule has 0 spiro atoms. The van der Waals surface area contributed by atoms with E-state index in [1.165, 1.54) is 31.7 Å². The summed E-state index contributed by atoms with van der Waals surface area (Å²) in [5.74, 6) is 6.41. The Balaban J connectivity index is 1.81. The van der Waals surface area contributed by atoms with Gasteiger partial charge in [0, 0.05) is 17.0 Å². The molecule has 1 atom stereocenters. The lowest BCUT2D eigenvalue weighted by Crippen LogP contribution is -2.39. The highest BCUT2D eigenvalue weighted by Crippen LogP contribution is 2.29. The molecule has 1 aromatic rings. The smallest absolute Gasteiger partial charge is 0.123 e. The van der Waals surface area contributed by atoms with Crippen molar-refractivity contribution in [1.82, 2.24) is 5.43 Å². The maximum absolute atomic E-state index is 13.1. The number of hydrogen-bond donors (Lipinski definition) is 2. The molecule has 100 valence electrons. The van der Waals surface area contributed by atoms with Gasteiger partial charge in [-0.15, -0.1) is 0 Å². The van der Waals surface area contributed by atoms with Crippen LogP contribution < -0.4 is 11.3 Å². The van der Waals surface area contributed by atoms with Gasteiger partial charge in [0.15, 0.2) is 0 Å². The number of nitrogens with one attached hydrogen (secondary N) is 1. The van der Waals surface area contributed by atoms with E-state index in [-0.39, 0.29) is 11.9 Å². The minimum absolute atomic E-state index is 0.174. The van der Waals surface area contributed by atoms with Crippen LogP contribution in [0.15, 0.2) is 24.3 Å². The average molecular weight is 268 g/mol. The van der Waals surface area contributed by atoms with E-state index < -0.39 is 0 Å². The summed E-state index contributed by atoms with van der Waals surface area (Å²) in [4.78, 5) is 0. The van der Waals surface area contributed by atoms with E-state index in [4.69, 9.17) is 5.84 Å². The Morgan fingerprint density at radius 2 is 2.17 bits per heavy atom. The predicted molar refractivity (Wildman–Crippen MR) is 75.9 cm³/mol. The highest BCUT2D eigenvalue weighted by atomic mass is 32.2. The largest absolute Gasteiger partial charge is 0.271 e. The van der Waals surface area contributed by atoms with Crippen LogP contribution in [0.5, 0.6) is 0 Å². The van der Waals surface area contributed by atoms with E-state index >= 15 is 0 Å². The Morgan fingerprint density at radius 1 is 1.39 bits per heavy atom. The number of benzene rings is 1. The maximum Gasteiger partial charge on any atom is 0.123 e. The fourth-order valence-electron chi connectivity index (χ4n) is 2.42. The Morgan fingerprint density at radius 3 is 2.83 bits per heavy atom. The van der Waals surface area contributed by atoms with E-state index in [0.29, 0.717) is 0 Å². The van der Waals surface area contributed by atoms with E-state index in [9.17, 15) is 4.39 Å². The van der Waals surface area contributed by atoms with Crippen LogP contribution in [0, 0.1) is 5.82 Å². The normalized spacial score (nSPS) is 18.1. The third-order valence-electron chi connectivity index (χ3n) is 3.44. The Kier molecular flexibility index (Phi) is 5.47. The first-order valence-electron chi connectivity index (χ1n) is 6.60. The molecule has 1 aliphatic rings. The molecule has 1 saturated carbocycles. The van der Waals surface area contributed by atoms with E-state index in [0.717, 1.165) is 23.0 Å². The molecule has 1 fully saturated rings. The van der Waals surface area contributed by atoms with Gasteiger partial charge in [-0.05, 0) is 37.0 Å². The van der Waals surface area contributed by atoms with Gasteiger partial charge in [-0.3, -0.25) is 11.3 Å². The van der Waals surface area contributed by atoms with Crippen LogP contribution in [0.2, 0.25) is 0 Å². The third-order valence-corrected chi connectivity index (χ3v) is 4.98. The predicted octanol–water partition coefficient (Wildman–Crippen LogP) is 2.88. The highest BCUT2D eigenvalue weighted by molar-refractivity contribution is 7.99. The fraction of sp³-hybridized carbons (Fsp3) is 0.571. The van der Waals surface area contributed by atoms with Crippen LogP contribution in [0.25, 0.3) is 0 Å². The lowest BCUT2D eigenvalue weighted by atomic mass is 10.1. The molecular weight excluding hydrogens is 247 g/mol. The van der Waals surface area contributed by atoms with Crippen LogP contribution in [-0.4, -0.2) is 17.0 Å². The Bertz CT molecular complexity index is 367. The summed E-state index contributed by atoms with van der Waals surface area (Å²) < 4.78 is 13.1. The Labute approximate surface area is 112 Å². The third kappa shape index (κ3) is 4.26. The second-order valence-corrected chi connectivity index (χ2v) is 6.27. The van der Waals surface area contributed by atoms with Gasteiger partial charge in [-0.2, -0.15) is 11.8 Å². The van der Waals surface area contributed by atoms with Crippen LogP contribution in [0.3, 0.4) is 0 Å². The highest BCUT2D eigenvalue weighted by Gasteiger charge is 2.17. The molecular formula is C14H21FN2S. The molecule has 4 heteroatoms. The van der Waals surface area contributed by atoms with Crippen molar-refractivity contribution in [2.45, 2.75) is 43.4 Å². The number of nitrogens with two attached hydrogens (primary N) is 1. The summed E-state index contributed by atoms with van der Waals surface area (Å²) in [7, 11) is 0. The van der Waals surface area contributed by atoms with E-state index in [2.05, 4.69) is 5.43 Å². The van der Waals surface area contributed by atoms with Crippen molar-refractivity contribution in [2.75, 3.05) is 5.75 Å². The molecule has 0 radical (unpaired) electrons.